The zero-order valence-corrected chi connectivity index (χ0v) is 12.6. The monoisotopic (exact) mass is 320 g/mol. The number of aliphatic carboxylic acids is 1. The van der Waals surface area contributed by atoms with Gasteiger partial charge in [-0.3, -0.25) is 4.79 Å². The number of methoxy groups -OCH3 is 2. The number of hydrogen-bond acceptors (Lipinski definition) is 5. The number of benzene rings is 1. The number of carboxylic acids is 2. The number of furan rings is 1. The van der Waals surface area contributed by atoms with Gasteiger partial charge in [-0.25, -0.2) is 4.79 Å². The van der Waals surface area contributed by atoms with Gasteiger partial charge in [-0.05, 0) is 30.3 Å². The molecule has 0 aliphatic rings. The van der Waals surface area contributed by atoms with Crippen molar-refractivity contribution in [3.05, 3.63) is 47.4 Å². The minimum atomic E-state index is -1.21. The normalized spacial score (nSPS) is 11.7. The maximum atomic E-state index is 11.7. The second-order valence-electron chi connectivity index (χ2n) is 4.77. The molecule has 0 bridgehead atoms. The van der Waals surface area contributed by atoms with E-state index in [1.54, 1.807) is 18.2 Å². The van der Waals surface area contributed by atoms with E-state index in [4.69, 9.17) is 19.0 Å². The van der Waals surface area contributed by atoms with Crippen molar-refractivity contribution in [2.24, 2.45) is 0 Å². The quantitative estimate of drug-likeness (QED) is 0.806. The van der Waals surface area contributed by atoms with Crippen molar-refractivity contribution in [2.75, 3.05) is 14.2 Å². The molecule has 23 heavy (non-hydrogen) atoms. The molecule has 7 nitrogen and oxygen atoms in total. The highest BCUT2D eigenvalue weighted by Crippen LogP contribution is 2.33. The number of hydrogen-bond donors (Lipinski definition) is 2. The lowest BCUT2D eigenvalue weighted by molar-refractivity contribution is -0.138. The van der Waals surface area contributed by atoms with Crippen LogP contribution in [0.2, 0.25) is 0 Å². The average Bonchev–Trinajstić information content (AvgIpc) is 3.00. The summed E-state index contributed by atoms with van der Waals surface area (Å²) in [6, 6.07) is 7.61. The van der Waals surface area contributed by atoms with Gasteiger partial charge in [0, 0.05) is 12.0 Å². The topological polar surface area (TPSA) is 106 Å². The van der Waals surface area contributed by atoms with Gasteiger partial charge in [0.15, 0.2) is 0 Å². The molecule has 2 aromatic rings. The van der Waals surface area contributed by atoms with Crippen LogP contribution in [-0.4, -0.2) is 36.4 Å². The summed E-state index contributed by atoms with van der Waals surface area (Å²) in [5.74, 6) is -2.32. The molecule has 7 heteroatoms. The Kier molecular flexibility index (Phi) is 4.90. The van der Waals surface area contributed by atoms with Gasteiger partial charge >= 0.3 is 11.9 Å². The molecule has 0 aliphatic heterocycles. The molecule has 0 saturated heterocycles. The van der Waals surface area contributed by atoms with Crippen molar-refractivity contribution in [3.63, 3.8) is 0 Å². The fourth-order valence-electron chi connectivity index (χ4n) is 2.25. The van der Waals surface area contributed by atoms with Gasteiger partial charge in [-0.15, -0.1) is 0 Å². The molecular weight excluding hydrogens is 304 g/mol. The zero-order valence-electron chi connectivity index (χ0n) is 12.6. The van der Waals surface area contributed by atoms with Gasteiger partial charge in [-0.1, -0.05) is 0 Å². The molecule has 122 valence electrons. The number of aromatic carboxylic acids is 1. The fourth-order valence-corrected chi connectivity index (χ4v) is 2.25. The molecule has 0 spiro atoms. The SMILES string of the molecule is COc1ccc(OC)c(C(Cc2ccc(C(=O)O)o2)C(=O)O)c1. The summed E-state index contributed by atoms with van der Waals surface area (Å²) >= 11 is 0. The molecule has 0 radical (unpaired) electrons. The molecule has 1 aromatic heterocycles. The molecule has 0 amide bonds. The maximum Gasteiger partial charge on any atom is 0.371 e. The zero-order chi connectivity index (χ0) is 17.0. The van der Waals surface area contributed by atoms with E-state index in [2.05, 4.69) is 0 Å². The molecule has 0 fully saturated rings. The van der Waals surface area contributed by atoms with E-state index < -0.39 is 17.9 Å². The number of rotatable bonds is 7. The second-order valence-corrected chi connectivity index (χ2v) is 4.77. The molecule has 1 atom stereocenters. The lowest BCUT2D eigenvalue weighted by Crippen LogP contribution is -2.15. The van der Waals surface area contributed by atoms with Crippen LogP contribution in [-0.2, 0) is 11.2 Å². The van der Waals surface area contributed by atoms with Crippen LogP contribution in [0.15, 0.2) is 34.7 Å². The van der Waals surface area contributed by atoms with Crippen molar-refractivity contribution in [3.8, 4) is 11.5 Å². The summed E-state index contributed by atoms with van der Waals surface area (Å²) in [4.78, 5) is 22.5. The Bertz CT molecular complexity index is 717. The van der Waals surface area contributed by atoms with Crippen LogP contribution in [0.5, 0.6) is 11.5 Å². The Balaban J connectivity index is 2.38. The van der Waals surface area contributed by atoms with Crippen molar-refractivity contribution in [1.29, 1.82) is 0 Å². The maximum absolute atomic E-state index is 11.7. The summed E-state index contributed by atoms with van der Waals surface area (Å²) in [7, 11) is 2.92. The van der Waals surface area contributed by atoms with Crippen LogP contribution in [0.4, 0.5) is 0 Å². The van der Waals surface area contributed by atoms with Crippen molar-refractivity contribution < 1.29 is 33.7 Å². The fraction of sp³-hybridized carbons (Fsp3) is 0.250. The Morgan fingerprint density at radius 3 is 2.39 bits per heavy atom. The highest BCUT2D eigenvalue weighted by atomic mass is 16.5. The third kappa shape index (κ3) is 3.63. The van der Waals surface area contributed by atoms with Crippen molar-refractivity contribution in [1.82, 2.24) is 0 Å². The Hall–Kier alpha value is -2.96. The predicted molar refractivity (Wildman–Crippen MR) is 79.3 cm³/mol. The largest absolute Gasteiger partial charge is 0.497 e. The minimum absolute atomic E-state index is 0.00780. The highest BCUT2D eigenvalue weighted by Gasteiger charge is 2.26. The van der Waals surface area contributed by atoms with Crippen LogP contribution in [0.1, 0.15) is 27.8 Å². The van der Waals surface area contributed by atoms with E-state index >= 15 is 0 Å². The van der Waals surface area contributed by atoms with Gasteiger partial charge in [0.1, 0.15) is 17.3 Å². The molecule has 2 N–H and O–H groups in total. The number of carbonyl (C=O) groups is 2. The van der Waals surface area contributed by atoms with Gasteiger partial charge in [-0.2, -0.15) is 0 Å². The second kappa shape index (κ2) is 6.87. The van der Waals surface area contributed by atoms with Gasteiger partial charge < -0.3 is 24.1 Å². The first-order valence-corrected chi connectivity index (χ1v) is 6.73. The van der Waals surface area contributed by atoms with Gasteiger partial charge in [0.05, 0.1) is 20.1 Å². The Labute approximate surface area is 132 Å². The standard InChI is InChI=1S/C16H16O7/c1-21-9-3-5-13(22-2)11(7-9)12(15(17)18)8-10-4-6-14(23-10)16(19)20/h3-7,12H,8H2,1-2H3,(H,17,18)(H,19,20). The van der Waals surface area contributed by atoms with Crippen LogP contribution in [0, 0.1) is 0 Å². The minimum Gasteiger partial charge on any atom is -0.497 e. The number of carboxylic acid groups (broad SMARTS) is 2. The average molecular weight is 320 g/mol. The smallest absolute Gasteiger partial charge is 0.371 e. The van der Waals surface area contributed by atoms with Crippen LogP contribution in [0.3, 0.4) is 0 Å². The molecule has 0 saturated carbocycles. The summed E-state index contributed by atoms with van der Waals surface area (Å²) in [5.41, 5.74) is 0.424. The van der Waals surface area contributed by atoms with Crippen molar-refractivity contribution >= 4 is 11.9 Å². The van der Waals surface area contributed by atoms with E-state index in [-0.39, 0.29) is 17.9 Å². The molecule has 0 aliphatic carbocycles. The molecule has 1 aromatic carbocycles. The lowest BCUT2D eigenvalue weighted by atomic mass is 9.93. The molecule has 1 heterocycles. The van der Waals surface area contributed by atoms with Crippen LogP contribution < -0.4 is 9.47 Å². The Morgan fingerprint density at radius 1 is 1.13 bits per heavy atom. The first-order valence-electron chi connectivity index (χ1n) is 6.73. The Morgan fingerprint density at radius 2 is 1.87 bits per heavy atom. The third-order valence-electron chi connectivity index (χ3n) is 3.39. The number of ether oxygens (including phenoxy) is 2. The van der Waals surface area contributed by atoms with Gasteiger partial charge in [0.2, 0.25) is 5.76 Å². The molecule has 1 unspecified atom stereocenters. The molecular formula is C16H16O7. The van der Waals surface area contributed by atoms with E-state index in [9.17, 15) is 14.7 Å². The van der Waals surface area contributed by atoms with E-state index in [1.807, 2.05) is 0 Å². The van der Waals surface area contributed by atoms with Gasteiger partial charge in [0.25, 0.3) is 0 Å². The van der Waals surface area contributed by atoms with E-state index in [1.165, 1.54) is 26.4 Å². The first-order chi connectivity index (χ1) is 11.0. The lowest BCUT2D eigenvalue weighted by Gasteiger charge is -2.16. The predicted octanol–water partition coefficient (Wildman–Crippen LogP) is 2.41. The van der Waals surface area contributed by atoms with Crippen LogP contribution in [0.25, 0.3) is 0 Å². The summed E-state index contributed by atoms with van der Waals surface area (Å²) < 4.78 is 15.5. The van der Waals surface area contributed by atoms with Crippen molar-refractivity contribution in [2.45, 2.75) is 12.3 Å². The third-order valence-corrected chi connectivity index (χ3v) is 3.39. The van der Waals surface area contributed by atoms with E-state index in [0.29, 0.717) is 17.1 Å². The summed E-state index contributed by atoms with van der Waals surface area (Å²) in [6.07, 6.45) is -0.00780. The molecule has 2 rings (SSSR count). The summed E-state index contributed by atoms with van der Waals surface area (Å²) in [5, 5.41) is 18.4. The van der Waals surface area contributed by atoms with Crippen LogP contribution >= 0.6 is 0 Å². The highest BCUT2D eigenvalue weighted by molar-refractivity contribution is 5.84. The van der Waals surface area contributed by atoms with E-state index in [0.717, 1.165) is 0 Å². The first kappa shape index (κ1) is 16.4. The summed E-state index contributed by atoms with van der Waals surface area (Å²) in [6.45, 7) is 0.